The van der Waals surface area contributed by atoms with Crippen LogP contribution in [0.15, 0.2) is 23.1 Å². The Morgan fingerprint density at radius 2 is 2.17 bits per heavy atom. The lowest BCUT2D eigenvalue weighted by molar-refractivity contribution is 0.108. The van der Waals surface area contributed by atoms with Crippen LogP contribution in [0.1, 0.15) is 18.4 Å². The fourth-order valence-corrected chi connectivity index (χ4v) is 4.14. The van der Waals surface area contributed by atoms with Gasteiger partial charge in [0.05, 0.1) is 11.0 Å². The lowest BCUT2D eigenvalue weighted by atomic mass is 10.1. The van der Waals surface area contributed by atoms with Crippen molar-refractivity contribution in [2.24, 2.45) is 0 Å². The summed E-state index contributed by atoms with van der Waals surface area (Å²) in [5, 5.41) is 10.0. The predicted molar refractivity (Wildman–Crippen MR) is 70.2 cm³/mol. The number of nitrogens with zero attached hydrogens (tertiary/aromatic N) is 1. The molecule has 1 saturated heterocycles. The molecular formula is C12H16ClNO3S. The molecule has 0 spiro atoms. The highest BCUT2D eigenvalue weighted by Gasteiger charge is 2.30. The molecule has 1 aromatic carbocycles. The third kappa shape index (κ3) is 2.54. The Labute approximate surface area is 112 Å². The summed E-state index contributed by atoms with van der Waals surface area (Å²) in [5.41, 5.74) is 0.555. The largest absolute Gasteiger partial charge is 0.392 e. The molecule has 0 bridgehead atoms. The number of rotatable bonds is 2. The van der Waals surface area contributed by atoms with E-state index in [1.54, 1.807) is 25.1 Å². The smallest absolute Gasteiger partial charge is 0.243 e. The van der Waals surface area contributed by atoms with E-state index in [0.717, 1.165) is 0 Å². The number of β-amino-alcohol motifs (C(OH)–C–C–N with tert-alkyl or cyclic N) is 1. The molecule has 0 radical (unpaired) electrons. The number of halogens is 1. The highest BCUT2D eigenvalue weighted by atomic mass is 35.5. The van der Waals surface area contributed by atoms with Gasteiger partial charge in [-0.25, -0.2) is 8.42 Å². The monoisotopic (exact) mass is 289 g/mol. The molecule has 18 heavy (non-hydrogen) atoms. The average Bonchev–Trinajstić information content (AvgIpc) is 2.32. The minimum atomic E-state index is -3.56. The van der Waals surface area contributed by atoms with Crippen molar-refractivity contribution in [2.75, 3.05) is 13.1 Å². The van der Waals surface area contributed by atoms with Crippen molar-refractivity contribution in [3.8, 4) is 0 Å². The highest BCUT2D eigenvalue weighted by molar-refractivity contribution is 7.89. The van der Waals surface area contributed by atoms with Crippen LogP contribution >= 0.6 is 11.6 Å². The van der Waals surface area contributed by atoms with E-state index in [4.69, 9.17) is 11.6 Å². The van der Waals surface area contributed by atoms with Gasteiger partial charge in [-0.2, -0.15) is 4.31 Å². The molecule has 1 aliphatic rings. The van der Waals surface area contributed by atoms with Gasteiger partial charge >= 0.3 is 0 Å². The fraction of sp³-hybridized carbons (Fsp3) is 0.500. The molecule has 100 valence electrons. The second-order valence-electron chi connectivity index (χ2n) is 4.52. The van der Waals surface area contributed by atoms with Gasteiger partial charge in [0.2, 0.25) is 10.0 Å². The maximum atomic E-state index is 12.5. The van der Waals surface area contributed by atoms with Gasteiger partial charge in [0.25, 0.3) is 0 Å². The number of aliphatic hydroxyl groups excluding tert-OH is 1. The average molecular weight is 290 g/mol. The summed E-state index contributed by atoms with van der Waals surface area (Å²) in [5.74, 6) is 0. The van der Waals surface area contributed by atoms with Crippen LogP contribution in [0.5, 0.6) is 0 Å². The van der Waals surface area contributed by atoms with Crippen molar-refractivity contribution >= 4 is 21.6 Å². The summed E-state index contributed by atoms with van der Waals surface area (Å²) < 4.78 is 26.3. The summed E-state index contributed by atoms with van der Waals surface area (Å²) in [6.45, 7) is 2.30. The van der Waals surface area contributed by atoms with Crippen LogP contribution in [0.3, 0.4) is 0 Å². The maximum Gasteiger partial charge on any atom is 0.243 e. The van der Waals surface area contributed by atoms with E-state index in [1.807, 2.05) is 0 Å². The van der Waals surface area contributed by atoms with E-state index in [0.29, 0.717) is 30.0 Å². The minimum absolute atomic E-state index is 0.161. The van der Waals surface area contributed by atoms with Crippen LogP contribution in [-0.4, -0.2) is 37.0 Å². The molecule has 1 aliphatic heterocycles. The molecular weight excluding hydrogens is 274 g/mol. The van der Waals surface area contributed by atoms with Crippen LogP contribution in [0, 0.1) is 6.92 Å². The summed E-state index contributed by atoms with van der Waals surface area (Å²) in [6, 6.07) is 4.85. The van der Waals surface area contributed by atoms with Crippen LogP contribution in [0.2, 0.25) is 5.02 Å². The van der Waals surface area contributed by atoms with E-state index >= 15 is 0 Å². The number of hydrogen-bond acceptors (Lipinski definition) is 3. The SMILES string of the molecule is Cc1c(Cl)cccc1S(=O)(=O)N1CCC[C@H](O)C1. The number of aliphatic hydroxyl groups is 1. The molecule has 1 fully saturated rings. The van der Waals surface area contributed by atoms with Crippen LogP contribution in [0.4, 0.5) is 0 Å². The van der Waals surface area contributed by atoms with Crippen molar-refractivity contribution in [1.82, 2.24) is 4.31 Å². The number of sulfonamides is 1. The Bertz CT molecular complexity index is 544. The van der Waals surface area contributed by atoms with E-state index in [9.17, 15) is 13.5 Å². The molecule has 1 N–H and O–H groups in total. The summed E-state index contributed by atoms with van der Waals surface area (Å²) >= 11 is 5.96. The molecule has 2 rings (SSSR count). The first-order chi connectivity index (χ1) is 8.43. The van der Waals surface area contributed by atoms with Crippen molar-refractivity contribution in [3.63, 3.8) is 0 Å². The van der Waals surface area contributed by atoms with Gasteiger partial charge in [0.1, 0.15) is 0 Å². The highest BCUT2D eigenvalue weighted by Crippen LogP contribution is 2.27. The number of piperidine rings is 1. The molecule has 0 saturated carbocycles. The lowest BCUT2D eigenvalue weighted by Crippen LogP contribution is -2.42. The normalized spacial score (nSPS) is 22.1. The topological polar surface area (TPSA) is 57.6 Å². The van der Waals surface area contributed by atoms with Crippen LogP contribution < -0.4 is 0 Å². The van der Waals surface area contributed by atoms with Gasteiger partial charge < -0.3 is 5.11 Å². The second kappa shape index (κ2) is 5.17. The van der Waals surface area contributed by atoms with Gasteiger partial charge in [-0.1, -0.05) is 17.7 Å². The lowest BCUT2D eigenvalue weighted by Gasteiger charge is -2.29. The first-order valence-corrected chi connectivity index (χ1v) is 7.68. The Kier molecular flexibility index (Phi) is 3.96. The Hall–Kier alpha value is -0.620. The molecule has 0 aromatic heterocycles. The summed E-state index contributed by atoms with van der Waals surface area (Å²) in [7, 11) is -3.56. The molecule has 0 amide bonds. The van der Waals surface area contributed by atoms with Crippen molar-refractivity contribution < 1.29 is 13.5 Å². The predicted octanol–water partition coefficient (Wildman–Crippen LogP) is 1.79. The van der Waals surface area contributed by atoms with Gasteiger partial charge in [-0.3, -0.25) is 0 Å². The van der Waals surface area contributed by atoms with Crippen LogP contribution in [0.25, 0.3) is 0 Å². The van der Waals surface area contributed by atoms with Crippen LogP contribution in [-0.2, 0) is 10.0 Å². The zero-order chi connectivity index (χ0) is 13.3. The molecule has 1 heterocycles. The molecule has 6 heteroatoms. The van der Waals surface area contributed by atoms with Gasteiger partial charge in [-0.05, 0) is 37.5 Å². The molecule has 0 unspecified atom stereocenters. The van der Waals surface area contributed by atoms with E-state index < -0.39 is 16.1 Å². The third-order valence-corrected chi connectivity index (χ3v) is 5.61. The van der Waals surface area contributed by atoms with Crippen molar-refractivity contribution in [3.05, 3.63) is 28.8 Å². The molecule has 4 nitrogen and oxygen atoms in total. The Balaban J connectivity index is 2.39. The quantitative estimate of drug-likeness (QED) is 0.903. The summed E-state index contributed by atoms with van der Waals surface area (Å²) in [6.07, 6.45) is 0.758. The zero-order valence-corrected chi connectivity index (χ0v) is 11.7. The van der Waals surface area contributed by atoms with E-state index in [-0.39, 0.29) is 11.4 Å². The first-order valence-electron chi connectivity index (χ1n) is 5.86. The second-order valence-corrected chi connectivity index (χ2v) is 6.84. The Morgan fingerprint density at radius 3 is 2.83 bits per heavy atom. The number of hydrogen-bond donors (Lipinski definition) is 1. The fourth-order valence-electron chi connectivity index (χ4n) is 2.15. The number of benzene rings is 1. The van der Waals surface area contributed by atoms with Gasteiger partial charge in [-0.15, -0.1) is 0 Å². The van der Waals surface area contributed by atoms with E-state index in [1.165, 1.54) is 4.31 Å². The summed E-state index contributed by atoms with van der Waals surface area (Å²) in [4.78, 5) is 0.226. The Morgan fingerprint density at radius 1 is 1.44 bits per heavy atom. The van der Waals surface area contributed by atoms with Gasteiger partial charge in [0, 0.05) is 18.1 Å². The maximum absolute atomic E-state index is 12.5. The minimum Gasteiger partial charge on any atom is -0.392 e. The zero-order valence-electron chi connectivity index (χ0n) is 10.1. The molecule has 1 aromatic rings. The van der Waals surface area contributed by atoms with Crippen molar-refractivity contribution in [2.45, 2.75) is 30.8 Å². The molecule has 1 atom stereocenters. The first kappa shape index (κ1) is 13.8. The standard InChI is InChI=1S/C12H16ClNO3S/c1-9-11(13)5-2-6-12(9)18(16,17)14-7-3-4-10(15)8-14/h2,5-6,10,15H,3-4,7-8H2,1H3/t10-/m0/s1. The van der Waals surface area contributed by atoms with E-state index in [2.05, 4.69) is 0 Å². The molecule has 0 aliphatic carbocycles. The third-order valence-electron chi connectivity index (χ3n) is 3.20. The van der Waals surface area contributed by atoms with Gasteiger partial charge in [0.15, 0.2) is 0 Å². The van der Waals surface area contributed by atoms with Crippen molar-refractivity contribution in [1.29, 1.82) is 0 Å².